The largest absolute Gasteiger partial charge is 0.465 e. The minimum absolute atomic E-state index is 0.0477. The van der Waals surface area contributed by atoms with E-state index in [1.807, 2.05) is 30.3 Å². The van der Waals surface area contributed by atoms with E-state index in [1.165, 1.54) is 31.4 Å². The molecule has 0 saturated heterocycles. The lowest BCUT2D eigenvalue weighted by Gasteiger charge is -2.11. The molecule has 0 aliphatic rings. The highest BCUT2D eigenvalue weighted by molar-refractivity contribution is 7.80. The SMILES string of the molecule is COC(=O)c1ccc(C(=O)NC(=S)NNC(=O)Cc2ccccc2)cc1. The molecule has 0 aliphatic heterocycles. The fourth-order valence-corrected chi connectivity index (χ4v) is 2.18. The molecule has 7 nitrogen and oxygen atoms in total. The number of hydrazine groups is 1. The number of benzene rings is 2. The van der Waals surface area contributed by atoms with Crippen LogP contribution in [0.2, 0.25) is 0 Å². The zero-order valence-corrected chi connectivity index (χ0v) is 14.8. The molecule has 8 heteroatoms. The van der Waals surface area contributed by atoms with Gasteiger partial charge >= 0.3 is 5.97 Å². The summed E-state index contributed by atoms with van der Waals surface area (Å²) in [6.07, 6.45) is 0.180. The van der Waals surface area contributed by atoms with Crippen molar-refractivity contribution in [2.45, 2.75) is 6.42 Å². The molecule has 2 aromatic carbocycles. The van der Waals surface area contributed by atoms with E-state index in [2.05, 4.69) is 20.9 Å². The second-order valence-electron chi connectivity index (χ2n) is 5.19. The number of methoxy groups -OCH3 is 1. The predicted octanol–water partition coefficient (Wildman–Crippen LogP) is 1.35. The van der Waals surface area contributed by atoms with Crippen LogP contribution in [0, 0.1) is 0 Å². The van der Waals surface area contributed by atoms with Crippen LogP contribution in [0.4, 0.5) is 0 Å². The van der Waals surface area contributed by atoms with E-state index < -0.39 is 11.9 Å². The Morgan fingerprint density at radius 2 is 1.54 bits per heavy atom. The Morgan fingerprint density at radius 3 is 2.15 bits per heavy atom. The van der Waals surface area contributed by atoms with Crippen molar-refractivity contribution in [3.63, 3.8) is 0 Å². The van der Waals surface area contributed by atoms with E-state index in [9.17, 15) is 14.4 Å². The van der Waals surface area contributed by atoms with E-state index in [4.69, 9.17) is 12.2 Å². The van der Waals surface area contributed by atoms with E-state index in [-0.39, 0.29) is 17.4 Å². The molecule has 0 saturated carbocycles. The van der Waals surface area contributed by atoms with Gasteiger partial charge in [-0.2, -0.15) is 0 Å². The molecule has 0 radical (unpaired) electrons. The Balaban J connectivity index is 1.80. The van der Waals surface area contributed by atoms with Gasteiger partial charge in [-0.1, -0.05) is 30.3 Å². The van der Waals surface area contributed by atoms with Crippen LogP contribution in [0.25, 0.3) is 0 Å². The van der Waals surface area contributed by atoms with E-state index in [0.717, 1.165) is 5.56 Å². The lowest BCUT2D eigenvalue weighted by molar-refractivity contribution is -0.121. The summed E-state index contributed by atoms with van der Waals surface area (Å²) in [5.41, 5.74) is 6.37. The first-order valence-electron chi connectivity index (χ1n) is 7.62. The van der Waals surface area contributed by atoms with Crippen molar-refractivity contribution in [3.8, 4) is 0 Å². The van der Waals surface area contributed by atoms with Crippen LogP contribution in [0.15, 0.2) is 54.6 Å². The number of ether oxygens (including phenoxy) is 1. The van der Waals surface area contributed by atoms with Gasteiger partial charge in [0.05, 0.1) is 19.1 Å². The van der Waals surface area contributed by atoms with Gasteiger partial charge in [0.1, 0.15) is 0 Å². The molecule has 26 heavy (non-hydrogen) atoms. The standard InChI is InChI=1S/C18H17N3O4S/c1-25-17(24)14-9-7-13(8-10-14)16(23)19-18(26)21-20-15(22)11-12-5-3-2-4-6-12/h2-10H,11H2,1H3,(H,20,22)(H2,19,21,23,26). The molecule has 134 valence electrons. The van der Waals surface area contributed by atoms with Crippen molar-refractivity contribution in [2.24, 2.45) is 0 Å². The van der Waals surface area contributed by atoms with Gasteiger partial charge < -0.3 is 4.74 Å². The first-order chi connectivity index (χ1) is 12.5. The molecule has 2 aromatic rings. The first-order valence-corrected chi connectivity index (χ1v) is 8.03. The molecule has 3 N–H and O–H groups in total. The maximum atomic E-state index is 12.1. The maximum Gasteiger partial charge on any atom is 0.337 e. The van der Waals surface area contributed by atoms with Crippen molar-refractivity contribution >= 4 is 35.1 Å². The van der Waals surface area contributed by atoms with Gasteiger partial charge in [-0.15, -0.1) is 0 Å². The minimum Gasteiger partial charge on any atom is -0.465 e. The molecular formula is C18H17N3O4S. The number of hydrogen-bond acceptors (Lipinski definition) is 5. The molecular weight excluding hydrogens is 354 g/mol. The molecule has 0 aliphatic carbocycles. The van der Waals surface area contributed by atoms with Crippen LogP contribution >= 0.6 is 12.2 Å². The molecule has 2 rings (SSSR count). The summed E-state index contributed by atoms with van der Waals surface area (Å²) in [6, 6.07) is 15.1. The number of rotatable bonds is 4. The normalized spacial score (nSPS) is 9.73. The van der Waals surface area contributed by atoms with Crippen molar-refractivity contribution in [3.05, 3.63) is 71.3 Å². The van der Waals surface area contributed by atoms with Crippen molar-refractivity contribution < 1.29 is 19.1 Å². The summed E-state index contributed by atoms with van der Waals surface area (Å²) in [5.74, 6) is -1.26. The highest BCUT2D eigenvalue weighted by Gasteiger charge is 2.11. The second-order valence-corrected chi connectivity index (χ2v) is 5.60. The Hall–Kier alpha value is -3.26. The van der Waals surface area contributed by atoms with Crippen molar-refractivity contribution in [2.75, 3.05) is 7.11 Å². The lowest BCUT2D eigenvalue weighted by Crippen LogP contribution is -2.48. The predicted molar refractivity (Wildman–Crippen MR) is 99.3 cm³/mol. The van der Waals surface area contributed by atoms with Crippen LogP contribution in [0.3, 0.4) is 0 Å². The van der Waals surface area contributed by atoms with Gasteiger partial charge in [0, 0.05) is 5.56 Å². The number of amides is 2. The van der Waals surface area contributed by atoms with Gasteiger partial charge in [-0.25, -0.2) is 4.79 Å². The van der Waals surface area contributed by atoms with Crippen LogP contribution < -0.4 is 16.2 Å². The monoisotopic (exact) mass is 371 g/mol. The van der Waals surface area contributed by atoms with E-state index >= 15 is 0 Å². The molecule has 0 atom stereocenters. The van der Waals surface area contributed by atoms with Gasteiger partial charge in [-0.3, -0.25) is 25.8 Å². The van der Waals surface area contributed by atoms with Gasteiger partial charge in [0.15, 0.2) is 5.11 Å². The molecule has 2 amide bonds. The summed E-state index contributed by atoms with van der Waals surface area (Å²) in [7, 11) is 1.28. The highest BCUT2D eigenvalue weighted by Crippen LogP contribution is 2.05. The zero-order chi connectivity index (χ0) is 18.9. The average Bonchev–Trinajstić information content (AvgIpc) is 2.66. The number of esters is 1. The molecule has 0 fully saturated rings. The third kappa shape index (κ3) is 5.67. The Labute approximate surface area is 155 Å². The summed E-state index contributed by atoms with van der Waals surface area (Å²) in [4.78, 5) is 35.2. The minimum atomic E-state index is -0.490. The quantitative estimate of drug-likeness (QED) is 0.427. The molecule has 0 aromatic heterocycles. The van der Waals surface area contributed by atoms with Crippen LogP contribution in [0.1, 0.15) is 26.3 Å². The maximum absolute atomic E-state index is 12.1. The number of hydrogen-bond donors (Lipinski definition) is 3. The molecule has 0 spiro atoms. The fourth-order valence-electron chi connectivity index (χ4n) is 2.03. The Kier molecular flexibility index (Phi) is 6.81. The third-order valence-electron chi connectivity index (χ3n) is 3.32. The van der Waals surface area contributed by atoms with Crippen LogP contribution in [-0.4, -0.2) is 30.0 Å². The zero-order valence-electron chi connectivity index (χ0n) is 13.9. The van der Waals surface area contributed by atoms with E-state index in [1.54, 1.807) is 0 Å². The topological polar surface area (TPSA) is 96.5 Å². The number of carbonyl (C=O) groups is 3. The smallest absolute Gasteiger partial charge is 0.337 e. The number of nitrogens with one attached hydrogen (secondary N) is 3. The summed E-state index contributed by atoms with van der Waals surface area (Å²) in [5, 5.41) is 2.38. The van der Waals surface area contributed by atoms with Crippen LogP contribution in [0.5, 0.6) is 0 Å². The summed E-state index contributed by atoms with van der Waals surface area (Å²) in [6.45, 7) is 0. The van der Waals surface area contributed by atoms with Crippen molar-refractivity contribution in [1.82, 2.24) is 16.2 Å². The fraction of sp³-hybridized carbons (Fsp3) is 0.111. The third-order valence-corrected chi connectivity index (χ3v) is 3.52. The number of carbonyl (C=O) groups excluding carboxylic acids is 3. The molecule has 0 heterocycles. The first kappa shape index (κ1) is 19.1. The average molecular weight is 371 g/mol. The summed E-state index contributed by atoms with van der Waals surface area (Å²) < 4.78 is 4.59. The molecule has 0 bridgehead atoms. The molecule has 0 unspecified atom stereocenters. The van der Waals surface area contributed by atoms with Crippen molar-refractivity contribution in [1.29, 1.82) is 0 Å². The Bertz CT molecular complexity index is 807. The number of thiocarbonyl (C=S) groups is 1. The van der Waals surface area contributed by atoms with Crippen LogP contribution in [-0.2, 0) is 16.0 Å². The van der Waals surface area contributed by atoms with E-state index in [0.29, 0.717) is 11.1 Å². The second kappa shape index (κ2) is 9.28. The van der Waals surface area contributed by atoms with Gasteiger partial charge in [-0.05, 0) is 42.0 Å². The Morgan fingerprint density at radius 1 is 0.923 bits per heavy atom. The lowest BCUT2D eigenvalue weighted by atomic mass is 10.1. The highest BCUT2D eigenvalue weighted by atomic mass is 32.1. The van der Waals surface area contributed by atoms with Gasteiger partial charge in [0.2, 0.25) is 5.91 Å². The summed E-state index contributed by atoms with van der Waals surface area (Å²) >= 11 is 4.97. The van der Waals surface area contributed by atoms with Gasteiger partial charge in [0.25, 0.3) is 5.91 Å².